The van der Waals surface area contributed by atoms with Gasteiger partial charge in [0.25, 0.3) is 0 Å². The molecule has 0 saturated heterocycles. The summed E-state index contributed by atoms with van der Waals surface area (Å²) in [6, 6.07) is 8.54. The lowest BCUT2D eigenvalue weighted by Gasteiger charge is -2.38. The molecule has 0 N–H and O–H groups in total. The van der Waals surface area contributed by atoms with Crippen LogP contribution in [-0.4, -0.2) is 37.8 Å². The van der Waals surface area contributed by atoms with E-state index in [4.69, 9.17) is 0 Å². The molecule has 2 aliphatic rings. The minimum absolute atomic E-state index is 0.129. The SMILES string of the molecule is CCCC1c2ccccc2CCN1C(=O)CC1(CS(C)(=O)=O)CC1. The Labute approximate surface area is 145 Å². The molecule has 1 aromatic carbocycles. The van der Waals surface area contributed by atoms with Crippen LogP contribution in [0.15, 0.2) is 24.3 Å². The van der Waals surface area contributed by atoms with Gasteiger partial charge in [-0.05, 0) is 42.2 Å². The van der Waals surface area contributed by atoms with E-state index in [2.05, 4.69) is 25.1 Å². The van der Waals surface area contributed by atoms with E-state index in [0.29, 0.717) is 6.42 Å². The van der Waals surface area contributed by atoms with Crippen LogP contribution >= 0.6 is 0 Å². The predicted molar refractivity (Wildman–Crippen MR) is 95.5 cm³/mol. The third-order valence-corrected chi connectivity index (χ3v) is 6.48. The standard InChI is InChI=1S/C19H27NO3S/c1-3-6-17-16-8-5-4-7-15(16)9-12-20(17)18(21)13-19(10-11-19)14-24(2,22)23/h4-5,7-8,17H,3,6,9-14H2,1-2H3. The molecular formula is C19H27NO3S. The number of amides is 1. The highest BCUT2D eigenvalue weighted by Crippen LogP contribution is 2.50. The predicted octanol–water partition coefficient (Wildman–Crippen LogP) is 3.13. The molecule has 3 rings (SSSR count). The van der Waals surface area contributed by atoms with E-state index in [9.17, 15) is 13.2 Å². The normalized spacial score (nSPS) is 22.1. The van der Waals surface area contributed by atoms with E-state index in [1.54, 1.807) is 0 Å². The fraction of sp³-hybridized carbons (Fsp3) is 0.632. The fourth-order valence-corrected chi connectivity index (χ4v) is 5.57. The van der Waals surface area contributed by atoms with Crippen LogP contribution < -0.4 is 0 Å². The number of carbonyl (C=O) groups is 1. The second kappa shape index (κ2) is 6.51. The summed E-state index contributed by atoms with van der Waals surface area (Å²) >= 11 is 0. The van der Waals surface area contributed by atoms with Gasteiger partial charge in [-0.2, -0.15) is 0 Å². The van der Waals surface area contributed by atoms with Crippen LogP contribution in [0.4, 0.5) is 0 Å². The number of benzene rings is 1. The van der Waals surface area contributed by atoms with Gasteiger partial charge >= 0.3 is 0 Å². The maximum atomic E-state index is 13.0. The topological polar surface area (TPSA) is 54.5 Å². The zero-order valence-electron chi connectivity index (χ0n) is 14.6. The molecule has 0 bridgehead atoms. The van der Waals surface area contributed by atoms with Crippen LogP contribution in [0, 0.1) is 5.41 Å². The molecule has 1 heterocycles. The Balaban J connectivity index is 1.77. The van der Waals surface area contributed by atoms with Crippen molar-refractivity contribution in [2.45, 2.75) is 51.5 Å². The Kier molecular flexibility index (Phi) is 4.73. The molecule has 1 aliphatic carbocycles. The average Bonchev–Trinajstić information content (AvgIpc) is 3.24. The van der Waals surface area contributed by atoms with E-state index < -0.39 is 9.84 Å². The van der Waals surface area contributed by atoms with E-state index in [-0.39, 0.29) is 23.1 Å². The first-order valence-electron chi connectivity index (χ1n) is 8.89. The molecular weight excluding hydrogens is 322 g/mol. The number of hydrogen-bond donors (Lipinski definition) is 0. The maximum Gasteiger partial charge on any atom is 0.223 e. The fourth-order valence-electron chi connectivity index (χ4n) is 4.06. The summed E-state index contributed by atoms with van der Waals surface area (Å²) in [5.41, 5.74) is 2.32. The number of fused-ring (bicyclic) bond motifs is 1. The second-order valence-electron chi connectivity index (χ2n) is 7.59. The second-order valence-corrected chi connectivity index (χ2v) is 9.73. The van der Waals surface area contributed by atoms with Crippen LogP contribution in [0.3, 0.4) is 0 Å². The number of rotatable bonds is 6. The molecule has 5 heteroatoms. The van der Waals surface area contributed by atoms with E-state index in [0.717, 1.165) is 38.6 Å². The molecule has 1 fully saturated rings. The summed E-state index contributed by atoms with van der Waals surface area (Å²) in [6.07, 6.45) is 6.24. The molecule has 132 valence electrons. The summed E-state index contributed by atoms with van der Waals surface area (Å²) in [4.78, 5) is 15.0. The van der Waals surface area contributed by atoms with Gasteiger partial charge in [0.2, 0.25) is 5.91 Å². The first kappa shape index (κ1) is 17.5. The minimum atomic E-state index is -3.04. The Hall–Kier alpha value is -1.36. The Morgan fingerprint density at radius 3 is 2.62 bits per heavy atom. The lowest BCUT2D eigenvalue weighted by Crippen LogP contribution is -2.41. The van der Waals surface area contributed by atoms with Crippen molar-refractivity contribution in [2.24, 2.45) is 5.41 Å². The van der Waals surface area contributed by atoms with Crippen molar-refractivity contribution in [1.29, 1.82) is 0 Å². The molecule has 1 unspecified atom stereocenters. The van der Waals surface area contributed by atoms with Crippen LogP contribution in [0.5, 0.6) is 0 Å². The number of hydrogen-bond acceptors (Lipinski definition) is 3. The highest BCUT2D eigenvalue weighted by Gasteiger charge is 2.48. The highest BCUT2D eigenvalue weighted by atomic mass is 32.2. The first-order valence-corrected chi connectivity index (χ1v) is 10.9. The van der Waals surface area contributed by atoms with E-state index in [1.165, 1.54) is 17.4 Å². The van der Waals surface area contributed by atoms with Gasteiger partial charge in [0.05, 0.1) is 11.8 Å². The third-order valence-electron chi connectivity index (χ3n) is 5.35. The van der Waals surface area contributed by atoms with Gasteiger partial charge in [0, 0.05) is 19.2 Å². The molecule has 1 aromatic rings. The van der Waals surface area contributed by atoms with Crippen LogP contribution in [0.2, 0.25) is 0 Å². The van der Waals surface area contributed by atoms with Crippen LogP contribution in [0.1, 0.15) is 56.2 Å². The molecule has 4 nitrogen and oxygen atoms in total. The average molecular weight is 349 g/mol. The van der Waals surface area contributed by atoms with Gasteiger partial charge in [-0.1, -0.05) is 37.6 Å². The highest BCUT2D eigenvalue weighted by molar-refractivity contribution is 7.90. The molecule has 1 amide bonds. The quantitative estimate of drug-likeness (QED) is 0.793. The molecule has 0 aromatic heterocycles. The molecule has 24 heavy (non-hydrogen) atoms. The third kappa shape index (κ3) is 3.82. The van der Waals surface area contributed by atoms with E-state index in [1.807, 2.05) is 11.0 Å². The summed E-state index contributed by atoms with van der Waals surface area (Å²) < 4.78 is 23.3. The zero-order chi connectivity index (χ0) is 17.4. The molecule has 0 radical (unpaired) electrons. The van der Waals surface area contributed by atoms with Gasteiger partial charge in [0.1, 0.15) is 9.84 Å². The van der Waals surface area contributed by atoms with Gasteiger partial charge in [-0.25, -0.2) is 8.42 Å². The van der Waals surface area contributed by atoms with Crippen molar-refractivity contribution < 1.29 is 13.2 Å². The molecule has 1 atom stereocenters. The van der Waals surface area contributed by atoms with E-state index >= 15 is 0 Å². The number of carbonyl (C=O) groups excluding carboxylic acids is 1. The van der Waals surface area contributed by atoms with Crippen molar-refractivity contribution in [3.05, 3.63) is 35.4 Å². The lowest BCUT2D eigenvalue weighted by atomic mass is 9.89. The number of sulfone groups is 1. The van der Waals surface area contributed by atoms with Crippen molar-refractivity contribution in [2.75, 3.05) is 18.6 Å². The maximum absolute atomic E-state index is 13.0. The molecule has 0 spiro atoms. The van der Waals surface area contributed by atoms with Crippen LogP contribution in [0.25, 0.3) is 0 Å². The van der Waals surface area contributed by atoms with Crippen molar-refractivity contribution in [3.8, 4) is 0 Å². The summed E-state index contributed by atoms with van der Waals surface area (Å²) in [5.74, 6) is 0.276. The van der Waals surface area contributed by atoms with Crippen molar-refractivity contribution in [3.63, 3.8) is 0 Å². The van der Waals surface area contributed by atoms with Gasteiger partial charge in [-0.3, -0.25) is 4.79 Å². The largest absolute Gasteiger partial charge is 0.335 e. The molecule has 1 saturated carbocycles. The van der Waals surface area contributed by atoms with Crippen molar-refractivity contribution in [1.82, 2.24) is 4.90 Å². The zero-order valence-corrected chi connectivity index (χ0v) is 15.4. The monoisotopic (exact) mass is 349 g/mol. The summed E-state index contributed by atoms with van der Waals surface area (Å²) in [6.45, 7) is 2.89. The van der Waals surface area contributed by atoms with Crippen LogP contribution in [-0.2, 0) is 21.1 Å². The summed E-state index contributed by atoms with van der Waals surface area (Å²) in [5, 5.41) is 0. The Bertz CT molecular complexity index is 722. The Morgan fingerprint density at radius 2 is 2.00 bits per heavy atom. The lowest BCUT2D eigenvalue weighted by molar-refractivity contribution is -0.135. The number of nitrogens with zero attached hydrogens (tertiary/aromatic N) is 1. The smallest absolute Gasteiger partial charge is 0.223 e. The summed E-state index contributed by atoms with van der Waals surface area (Å²) in [7, 11) is -3.04. The Morgan fingerprint density at radius 1 is 1.29 bits per heavy atom. The van der Waals surface area contributed by atoms with Gasteiger partial charge < -0.3 is 4.90 Å². The minimum Gasteiger partial charge on any atom is -0.335 e. The first-order chi connectivity index (χ1) is 11.3. The van der Waals surface area contributed by atoms with Gasteiger partial charge in [0.15, 0.2) is 0 Å². The van der Waals surface area contributed by atoms with Gasteiger partial charge in [-0.15, -0.1) is 0 Å². The molecule has 1 aliphatic heterocycles. The van der Waals surface area contributed by atoms with Crippen molar-refractivity contribution >= 4 is 15.7 Å².